The Morgan fingerprint density at radius 3 is 2.19 bits per heavy atom. The van der Waals surface area contributed by atoms with Crippen LogP contribution >= 0.6 is 0 Å². The van der Waals surface area contributed by atoms with E-state index >= 15 is 0 Å². The van der Waals surface area contributed by atoms with Gasteiger partial charge in [-0.15, -0.1) is 0 Å². The molecule has 0 radical (unpaired) electrons. The molecule has 1 rings (SSSR count). The maximum atomic E-state index is 11.2. The van der Waals surface area contributed by atoms with Gasteiger partial charge in [0.15, 0.2) is 0 Å². The van der Waals surface area contributed by atoms with Gasteiger partial charge in [-0.1, -0.05) is 11.1 Å². The van der Waals surface area contributed by atoms with E-state index in [1.807, 2.05) is 6.92 Å². The van der Waals surface area contributed by atoms with Crippen molar-refractivity contribution in [1.29, 1.82) is 0 Å². The van der Waals surface area contributed by atoms with Crippen LogP contribution in [0.25, 0.3) is 0 Å². The molecular formula is C13H23NO7. The smallest absolute Gasteiger partial charge is 0.231 e. The van der Waals surface area contributed by atoms with Gasteiger partial charge in [-0.05, 0) is 20.3 Å². The van der Waals surface area contributed by atoms with E-state index in [1.54, 1.807) is 6.92 Å². The minimum atomic E-state index is -1.77. The van der Waals surface area contributed by atoms with E-state index in [0.717, 1.165) is 11.1 Å². The van der Waals surface area contributed by atoms with Crippen molar-refractivity contribution in [1.82, 2.24) is 0 Å². The van der Waals surface area contributed by atoms with Crippen LogP contribution in [-0.4, -0.2) is 72.4 Å². The molecule has 0 aromatic carbocycles. The Bertz CT molecular complexity index is 430. The molecule has 8 heteroatoms. The van der Waals surface area contributed by atoms with E-state index in [2.05, 4.69) is 0 Å². The number of allylic oxidation sites excluding steroid dienone is 2. The SMILES string of the molecule is CC1=C(C)CC([C@H](O)[C@@H](O)[C@@H](O)[C@H](O)CO)/C(=[N+](/[O-])O)C1. The van der Waals surface area contributed by atoms with Crippen LogP contribution in [0.3, 0.4) is 0 Å². The van der Waals surface area contributed by atoms with Crippen LogP contribution in [0.1, 0.15) is 26.7 Å². The molecule has 6 N–H and O–H groups in total. The summed E-state index contributed by atoms with van der Waals surface area (Å²) in [5.74, 6) is -0.883. The second-order valence-electron chi connectivity index (χ2n) is 5.53. The number of aliphatic hydroxyl groups is 5. The van der Waals surface area contributed by atoms with Crippen molar-refractivity contribution in [3.63, 3.8) is 0 Å². The highest BCUT2D eigenvalue weighted by atomic mass is 16.8. The van der Waals surface area contributed by atoms with E-state index < -0.39 is 36.9 Å². The maximum absolute atomic E-state index is 11.2. The molecule has 0 spiro atoms. The molecule has 0 bridgehead atoms. The quantitative estimate of drug-likeness (QED) is 0.157. The molecule has 1 aliphatic rings. The molecular weight excluding hydrogens is 282 g/mol. The summed E-state index contributed by atoms with van der Waals surface area (Å²) in [5.41, 5.74) is 1.78. The molecule has 21 heavy (non-hydrogen) atoms. The predicted octanol–water partition coefficient (Wildman–Crippen LogP) is -1.49. The minimum absolute atomic E-state index is 0.0182. The molecule has 0 aromatic rings. The van der Waals surface area contributed by atoms with Crippen LogP contribution in [0.5, 0.6) is 0 Å². The first-order chi connectivity index (χ1) is 9.70. The lowest BCUT2D eigenvalue weighted by Gasteiger charge is -2.32. The van der Waals surface area contributed by atoms with Crippen molar-refractivity contribution in [3.05, 3.63) is 16.4 Å². The van der Waals surface area contributed by atoms with Crippen LogP contribution in [0, 0.1) is 11.1 Å². The van der Waals surface area contributed by atoms with Crippen LogP contribution < -0.4 is 0 Å². The van der Waals surface area contributed by atoms with Gasteiger partial charge in [0, 0.05) is 4.90 Å². The Labute approximate surface area is 122 Å². The van der Waals surface area contributed by atoms with Crippen LogP contribution in [0.4, 0.5) is 0 Å². The van der Waals surface area contributed by atoms with Crippen molar-refractivity contribution in [2.24, 2.45) is 5.92 Å². The second kappa shape index (κ2) is 7.19. The predicted molar refractivity (Wildman–Crippen MR) is 72.6 cm³/mol. The van der Waals surface area contributed by atoms with Gasteiger partial charge < -0.3 is 30.7 Å². The van der Waals surface area contributed by atoms with Crippen molar-refractivity contribution >= 4 is 5.71 Å². The Kier molecular flexibility index (Phi) is 6.11. The monoisotopic (exact) mass is 305 g/mol. The first-order valence-corrected chi connectivity index (χ1v) is 6.70. The van der Waals surface area contributed by atoms with Gasteiger partial charge in [0.2, 0.25) is 5.71 Å². The van der Waals surface area contributed by atoms with E-state index in [1.165, 1.54) is 0 Å². The van der Waals surface area contributed by atoms with Crippen molar-refractivity contribution < 1.29 is 35.6 Å². The Balaban J connectivity index is 2.99. The first-order valence-electron chi connectivity index (χ1n) is 6.70. The highest BCUT2D eigenvalue weighted by molar-refractivity contribution is 5.86. The van der Waals surface area contributed by atoms with Gasteiger partial charge in [0.05, 0.1) is 25.0 Å². The molecule has 0 saturated heterocycles. The molecule has 1 aliphatic carbocycles. The topological polar surface area (TPSA) is 147 Å². The van der Waals surface area contributed by atoms with Gasteiger partial charge in [0.25, 0.3) is 0 Å². The van der Waals surface area contributed by atoms with Crippen molar-refractivity contribution in [2.75, 3.05) is 6.61 Å². The van der Waals surface area contributed by atoms with Gasteiger partial charge >= 0.3 is 0 Å². The highest BCUT2D eigenvalue weighted by Crippen LogP contribution is 2.31. The lowest BCUT2D eigenvalue weighted by Crippen LogP contribution is -2.51. The third-order valence-electron chi connectivity index (χ3n) is 4.07. The third-order valence-corrected chi connectivity index (χ3v) is 4.07. The number of hydrogen-bond acceptors (Lipinski definition) is 7. The van der Waals surface area contributed by atoms with Crippen LogP contribution in [-0.2, 0) is 0 Å². The maximum Gasteiger partial charge on any atom is 0.231 e. The largest absolute Gasteiger partial charge is 0.418 e. The third kappa shape index (κ3) is 3.92. The number of rotatable bonds is 5. The first kappa shape index (κ1) is 17.9. The molecule has 0 fully saturated rings. The average Bonchev–Trinajstić information content (AvgIpc) is 2.46. The molecule has 0 aromatic heterocycles. The summed E-state index contributed by atoms with van der Waals surface area (Å²) in [6, 6.07) is 0. The summed E-state index contributed by atoms with van der Waals surface area (Å²) in [6.45, 7) is 2.82. The zero-order valence-corrected chi connectivity index (χ0v) is 12.0. The summed E-state index contributed by atoms with van der Waals surface area (Å²) in [6.07, 6.45) is -6.32. The summed E-state index contributed by atoms with van der Waals surface area (Å²) in [4.78, 5) is -0.328. The molecule has 0 saturated carbocycles. The highest BCUT2D eigenvalue weighted by Gasteiger charge is 2.42. The fourth-order valence-electron chi connectivity index (χ4n) is 2.48. The average molecular weight is 305 g/mol. The van der Waals surface area contributed by atoms with E-state index in [9.17, 15) is 25.6 Å². The summed E-state index contributed by atoms with van der Waals surface area (Å²) in [7, 11) is 0. The van der Waals surface area contributed by atoms with Crippen LogP contribution in [0.2, 0.25) is 0 Å². The van der Waals surface area contributed by atoms with E-state index in [4.69, 9.17) is 10.3 Å². The summed E-state index contributed by atoms with van der Waals surface area (Å²) < 4.78 is 0. The number of aliphatic hydroxyl groups excluding tert-OH is 5. The molecule has 0 aliphatic heterocycles. The van der Waals surface area contributed by atoms with Crippen molar-refractivity contribution in [3.8, 4) is 0 Å². The number of hydrogen-bond donors (Lipinski definition) is 6. The minimum Gasteiger partial charge on any atom is -0.418 e. The fourth-order valence-corrected chi connectivity index (χ4v) is 2.48. The molecule has 122 valence electrons. The Morgan fingerprint density at radius 2 is 1.71 bits per heavy atom. The molecule has 8 nitrogen and oxygen atoms in total. The van der Waals surface area contributed by atoms with Crippen molar-refractivity contribution in [2.45, 2.75) is 51.1 Å². The van der Waals surface area contributed by atoms with E-state index in [0.29, 0.717) is 0 Å². The second-order valence-corrected chi connectivity index (χ2v) is 5.53. The Morgan fingerprint density at radius 1 is 1.14 bits per heavy atom. The number of nitrogens with zero attached hydrogens (tertiary/aromatic N) is 1. The molecule has 1 unspecified atom stereocenters. The van der Waals surface area contributed by atoms with Gasteiger partial charge in [-0.25, -0.2) is 0 Å². The van der Waals surface area contributed by atoms with Gasteiger partial charge in [-0.3, -0.25) is 5.21 Å². The fraction of sp³-hybridized carbons (Fsp3) is 0.769. The molecule has 5 atom stereocenters. The lowest BCUT2D eigenvalue weighted by atomic mass is 9.78. The zero-order valence-electron chi connectivity index (χ0n) is 12.0. The Hall–Kier alpha value is -1.19. The summed E-state index contributed by atoms with van der Waals surface area (Å²) >= 11 is 0. The normalized spacial score (nSPS) is 28.0. The molecule has 0 heterocycles. The molecule has 0 amide bonds. The summed E-state index contributed by atoms with van der Waals surface area (Å²) in [5, 5.41) is 68.1. The zero-order chi connectivity index (χ0) is 16.3. The van der Waals surface area contributed by atoms with E-state index in [-0.39, 0.29) is 23.5 Å². The van der Waals surface area contributed by atoms with Gasteiger partial charge in [0.1, 0.15) is 18.3 Å². The standard InChI is InChI=1S/C13H23NO7/c1-6-3-8(9(14(20)21)4-7(6)2)11(17)13(19)12(18)10(16)5-15/h8,10-13,15-19H,3-5H2,1-2H3,(H,20,21)/t8?,10-,11+,12+,13-/m1/s1. The van der Waals surface area contributed by atoms with Crippen LogP contribution in [0.15, 0.2) is 11.1 Å². The lowest BCUT2D eigenvalue weighted by molar-refractivity contribution is -0.728. The van der Waals surface area contributed by atoms with Gasteiger partial charge in [-0.2, -0.15) is 0 Å².